The first-order valence-corrected chi connectivity index (χ1v) is 11.0. The molecule has 0 atom stereocenters. The predicted molar refractivity (Wildman–Crippen MR) is 115 cm³/mol. The smallest absolute Gasteiger partial charge is 0.243 e. The second kappa shape index (κ2) is 8.16. The fraction of sp³-hybridized carbons (Fsp3) is 0.500. The Morgan fingerprint density at radius 3 is 2.21 bits per heavy atom. The lowest BCUT2D eigenvalue weighted by molar-refractivity contribution is 0.381. The zero-order valence-corrected chi connectivity index (χ0v) is 18.7. The van der Waals surface area contributed by atoms with Crippen LogP contribution >= 0.6 is 0 Å². The van der Waals surface area contributed by atoms with Crippen molar-refractivity contribution in [3.05, 3.63) is 35.0 Å². The van der Waals surface area contributed by atoms with Crippen molar-refractivity contribution in [2.75, 3.05) is 57.2 Å². The van der Waals surface area contributed by atoms with Crippen molar-refractivity contribution in [1.29, 1.82) is 0 Å². The number of ether oxygens (including phenoxy) is 1. The standard InChI is InChI=1S/C20H29N5O3S/c1-14-11-15(2)18(13-17(14)28-6)29(26,27)25-9-7-24(8-10-25)20-21-16(3)12-19(22-20)23(4)5/h11-13H,7-10H2,1-6H3. The summed E-state index contributed by atoms with van der Waals surface area (Å²) in [7, 11) is 1.83. The third-order valence-electron chi connectivity index (χ3n) is 5.12. The van der Waals surface area contributed by atoms with E-state index in [1.54, 1.807) is 13.2 Å². The van der Waals surface area contributed by atoms with E-state index in [1.807, 2.05) is 56.8 Å². The lowest BCUT2D eigenvalue weighted by Crippen LogP contribution is -2.49. The number of hydrogen-bond acceptors (Lipinski definition) is 7. The molecule has 29 heavy (non-hydrogen) atoms. The zero-order valence-electron chi connectivity index (χ0n) is 17.9. The number of anilines is 2. The minimum atomic E-state index is -3.60. The van der Waals surface area contributed by atoms with Crippen LogP contribution in [-0.4, -0.2) is 70.1 Å². The molecule has 0 spiro atoms. The van der Waals surface area contributed by atoms with Gasteiger partial charge in [-0.1, -0.05) is 6.07 Å². The number of aromatic nitrogens is 2. The molecule has 0 amide bonds. The molecule has 3 rings (SSSR count). The van der Waals surface area contributed by atoms with Crippen LogP contribution in [0, 0.1) is 20.8 Å². The van der Waals surface area contributed by atoms with Gasteiger partial charge in [0.05, 0.1) is 12.0 Å². The first kappa shape index (κ1) is 21.3. The predicted octanol–water partition coefficient (Wildman–Crippen LogP) is 1.99. The average Bonchev–Trinajstić information content (AvgIpc) is 2.67. The van der Waals surface area contributed by atoms with Crippen LogP contribution in [-0.2, 0) is 10.0 Å². The molecule has 1 saturated heterocycles. The summed E-state index contributed by atoms with van der Waals surface area (Å²) in [6, 6.07) is 5.41. The Morgan fingerprint density at radius 1 is 0.966 bits per heavy atom. The lowest BCUT2D eigenvalue weighted by atomic mass is 10.1. The van der Waals surface area contributed by atoms with Gasteiger partial charge in [-0.2, -0.15) is 9.29 Å². The quantitative estimate of drug-likeness (QED) is 0.733. The number of methoxy groups -OCH3 is 1. The average molecular weight is 420 g/mol. The molecular formula is C20H29N5O3S. The summed E-state index contributed by atoms with van der Waals surface area (Å²) in [5.74, 6) is 2.06. The molecular weight excluding hydrogens is 390 g/mol. The Labute approximate surface area is 173 Å². The molecule has 1 aliphatic heterocycles. The van der Waals surface area contributed by atoms with E-state index in [0.717, 1.165) is 22.6 Å². The molecule has 8 nitrogen and oxygen atoms in total. The molecule has 2 aromatic rings. The van der Waals surface area contributed by atoms with E-state index >= 15 is 0 Å². The van der Waals surface area contributed by atoms with Crippen molar-refractivity contribution >= 4 is 21.8 Å². The molecule has 0 bridgehead atoms. The third kappa shape index (κ3) is 4.30. The molecule has 0 aliphatic carbocycles. The maximum atomic E-state index is 13.2. The number of rotatable bonds is 5. The van der Waals surface area contributed by atoms with E-state index in [4.69, 9.17) is 4.74 Å². The number of nitrogens with zero attached hydrogens (tertiary/aromatic N) is 5. The molecule has 9 heteroatoms. The van der Waals surface area contributed by atoms with Gasteiger partial charge in [-0.05, 0) is 31.9 Å². The Hall–Kier alpha value is -2.39. The fourth-order valence-corrected chi connectivity index (χ4v) is 5.13. The van der Waals surface area contributed by atoms with Crippen LogP contribution < -0.4 is 14.5 Å². The van der Waals surface area contributed by atoms with Crippen LogP contribution in [0.25, 0.3) is 0 Å². The van der Waals surface area contributed by atoms with Crippen molar-refractivity contribution in [3.8, 4) is 5.75 Å². The van der Waals surface area contributed by atoms with Crippen molar-refractivity contribution in [1.82, 2.24) is 14.3 Å². The number of sulfonamides is 1. The number of benzene rings is 1. The van der Waals surface area contributed by atoms with Crippen LogP contribution in [0.3, 0.4) is 0 Å². The van der Waals surface area contributed by atoms with Gasteiger partial charge in [0, 0.05) is 58.1 Å². The van der Waals surface area contributed by atoms with E-state index in [-0.39, 0.29) is 0 Å². The van der Waals surface area contributed by atoms with Crippen LogP contribution in [0.2, 0.25) is 0 Å². The summed E-state index contributed by atoms with van der Waals surface area (Å²) in [5, 5.41) is 0. The number of hydrogen-bond donors (Lipinski definition) is 0. The van der Waals surface area contributed by atoms with Crippen LogP contribution in [0.15, 0.2) is 23.1 Å². The molecule has 2 heterocycles. The summed E-state index contributed by atoms with van der Waals surface area (Å²) >= 11 is 0. The van der Waals surface area contributed by atoms with E-state index in [2.05, 4.69) is 9.97 Å². The molecule has 0 radical (unpaired) electrons. The minimum Gasteiger partial charge on any atom is -0.496 e. The fourth-order valence-electron chi connectivity index (χ4n) is 3.49. The minimum absolute atomic E-state index is 0.301. The SMILES string of the molecule is COc1cc(S(=O)(=O)N2CCN(c3nc(C)cc(N(C)C)n3)CC2)c(C)cc1C. The lowest BCUT2D eigenvalue weighted by Gasteiger charge is -2.34. The van der Waals surface area contributed by atoms with E-state index < -0.39 is 10.0 Å². The van der Waals surface area contributed by atoms with E-state index in [9.17, 15) is 8.42 Å². The number of piperazine rings is 1. The molecule has 1 aromatic carbocycles. The second-order valence-electron chi connectivity index (χ2n) is 7.54. The van der Waals surface area contributed by atoms with Gasteiger partial charge in [0.15, 0.2) is 0 Å². The Balaban J connectivity index is 1.80. The Morgan fingerprint density at radius 2 is 1.62 bits per heavy atom. The van der Waals surface area contributed by atoms with E-state index in [0.29, 0.717) is 42.8 Å². The van der Waals surface area contributed by atoms with Crippen LogP contribution in [0.1, 0.15) is 16.8 Å². The zero-order chi connectivity index (χ0) is 21.3. The monoisotopic (exact) mass is 419 g/mol. The maximum absolute atomic E-state index is 13.2. The van der Waals surface area contributed by atoms with Crippen LogP contribution in [0.5, 0.6) is 5.75 Å². The summed E-state index contributed by atoms with van der Waals surface area (Å²) < 4.78 is 33.3. The van der Waals surface area contributed by atoms with Crippen molar-refractivity contribution in [2.45, 2.75) is 25.7 Å². The summed E-state index contributed by atoms with van der Waals surface area (Å²) in [4.78, 5) is 13.4. The maximum Gasteiger partial charge on any atom is 0.243 e. The first-order chi connectivity index (χ1) is 13.6. The molecule has 0 unspecified atom stereocenters. The highest BCUT2D eigenvalue weighted by Crippen LogP contribution is 2.29. The Bertz CT molecular complexity index is 999. The molecule has 0 N–H and O–H groups in total. The highest BCUT2D eigenvalue weighted by Gasteiger charge is 2.31. The first-order valence-electron chi connectivity index (χ1n) is 9.57. The van der Waals surface area contributed by atoms with Gasteiger partial charge in [-0.3, -0.25) is 0 Å². The molecule has 0 saturated carbocycles. The molecule has 1 aromatic heterocycles. The van der Waals surface area contributed by atoms with Crippen LogP contribution in [0.4, 0.5) is 11.8 Å². The number of aryl methyl sites for hydroxylation is 3. The van der Waals surface area contributed by atoms with Crippen molar-refractivity contribution in [3.63, 3.8) is 0 Å². The largest absolute Gasteiger partial charge is 0.496 e. The normalized spacial score (nSPS) is 15.4. The second-order valence-corrected chi connectivity index (χ2v) is 9.45. The summed E-state index contributed by atoms with van der Waals surface area (Å²) in [6.07, 6.45) is 0. The highest BCUT2D eigenvalue weighted by molar-refractivity contribution is 7.89. The van der Waals surface area contributed by atoms with Gasteiger partial charge in [0.2, 0.25) is 16.0 Å². The molecule has 158 valence electrons. The highest BCUT2D eigenvalue weighted by atomic mass is 32.2. The third-order valence-corrected chi connectivity index (χ3v) is 7.16. The molecule has 1 fully saturated rings. The van der Waals surface area contributed by atoms with Crippen molar-refractivity contribution in [2.24, 2.45) is 0 Å². The summed E-state index contributed by atoms with van der Waals surface area (Å²) in [5.41, 5.74) is 2.53. The van der Waals surface area contributed by atoms with Gasteiger partial charge in [0.25, 0.3) is 0 Å². The summed E-state index contributed by atoms with van der Waals surface area (Å²) in [6.45, 7) is 7.50. The van der Waals surface area contributed by atoms with Gasteiger partial charge in [-0.25, -0.2) is 13.4 Å². The van der Waals surface area contributed by atoms with Gasteiger partial charge >= 0.3 is 0 Å². The van der Waals surface area contributed by atoms with E-state index in [1.165, 1.54) is 4.31 Å². The molecule has 1 aliphatic rings. The van der Waals surface area contributed by atoms with Gasteiger partial charge in [0.1, 0.15) is 11.6 Å². The van der Waals surface area contributed by atoms with Gasteiger partial charge < -0.3 is 14.5 Å². The Kier molecular flexibility index (Phi) is 6.00. The topological polar surface area (TPSA) is 78.9 Å². The van der Waals surface area contributed by atoms with Gasteiger partial charge in [-0.15, -0.1) is 0 Å². The van der Waals surface area contributed by atoms with Crippen molar-refractivity contribution < 1.29 is 13.2 Å².